The summed E-state index contributed by atoms with van der Waals surface area (Å²) in [5.74, 6) is 0.127. The second-order valence-corrected chi connectivity index (χ2v) is 9.35. The zero-order valence-corrected chi connectivity index (χ0v) is 18.1. The number of rotatable bonds is 11. The summed E-state index contributed by atoms with van der Waals surface area (Å²) in [5, 5.41) is 12.3. The van der Waals surface area contributed by atoms with Crippen LogP contribution in [0, 0.1) is 5.92 Å². The van der Waals surface area contributed by atoms with Crippen LogP contribution in [0.3, 0.4) is 0 Å². The molecule has 0 bridgehead atoms. The number of aliphatic hydroxyl groups is 1. The van der Waals surface area contributed by atoms with Crippen LogP contribution in [0.2, 0.25) is 0 Å². The van der Waals surface area contributed by atoms with Gasteiger partial charge in [-0.25, -0.2) is 0 Å². The van der Waals surface area contributed by atoms with E-state index in [4.69, 9.17) is 0 Å². The fourth-order valence-electron chi connectivity index (χ4n) is 2.80. The Bertz CT molecular complexity index is 756. The highest BCUT2D eigenvalue weighted by Gasteiger charge is 2.24. The summed E-state index contributed by atoms with van der Waals surface area (Å²) < 4.78 is 11.3. The third-order valence-electron chi connectivity index (χ3n) is 4.44. The maximum atomic E-state index is 12.9. The van der Waals surface area contributed by atoms with Crippen molar-refractivity contribution in [3.63, 3.8) is 0 Å². The van der Waals surface area contributed by atoms with Crippen LogP contribution in [0.25, 0.3) is 0 Å². The molecule has 0 fully saturated rings. The lowest BCUT2D eigenvalue weighted by Crippen LogP contribution is -2.43. The van der Waals surface area contributed by atoms with Crippen LogP contribution in [0.5, 0.6) is 0 Å². The lowest BCUT2D eigenvalue weighted by atomic mass is 9.99. The molecule has 3 atom stereocenters. The molecule has 2 aromatic rings. The Morgan fingerprint density at radius 1 is 1.10 bits per heavy atom. The first-order valence-corrected chi connectivity index (χ1v) is 12.2. The molecular weight excluding hydrogens is 406 g/mol. The topological polar surface area (TPSA) is 89.5 Å². The molecule has 0 saturated heterocycles. The first-order chi connectivity index (χ1) is 14.0. The van der Waals surface area contributed by atoms with Crippen molar-refractivity contribution in [2.24, 2.45) is 5.92 Å². The number of carbonyl (C=O) groups is 2. The van der Waals surface area contributed by atoms with Crippen molar-refractivity contribution in [2.45, 2.75) is 18.9 Å². The van der Waals surface area contributed by atoms with Gasteiger partial charge in [0.2, 0.25) is 11.0 Å². The van der Waals surface area contributed by atoms with Gasteiger partial charge in [-0.1, -0.05) is 83.6 Å². The smallest absolute Gasteiger partial charge is 0.224 e. The van der Waals surface area contributed by atoms with Crippen molar-refractivity contribution < 1.29 is 19.2 Å². The summed E-state index contributed by atoms with van der Waals surface area (Å²) in [5.41, 5.74) is 1.62. The maximum Gasteiger partial charge on any atom is 0.224 e. The maximum absolute atomic E-state index is 12.9. The largest absolute Gasteiger partial charge is 0.617 e. The Morgan fingerprint density at radius 3 is 2.31 bits per heavy atom. The van der Waals surface area contributed by atoms with Crippen molar-refractivity contribution in [3.8, 4) is 0 Å². The number of benzene rings is 2. The summed E-state index contributed by atoms with van der Waals surface area (Å²) >= 11 is 0.141. The molecule has 5 nitrogen and oxygen atoms in total. The molecule has 1 unspecified atom stereocenters. The second kappa shape index (κ2) is 12.7. The van der Waals surface area contributed by atoms with Crippen LogP contribution in [0.1, 0.15) is 22.3 Å². The van der Waals surface area contributed by atoms with E-state index in [9.17, 15) is 19.2 Å². The van der Waals surface area contributed by atoms with E-state index in [1.807, 2.05) is 48.5 Å². The molecule has 156 valence electrons. The minimum atomic E-state index is -0.987. The monoisotopic (exact) mass is 433 g/mol. The number of hydrogen-bond donors (Lipinski definition) is 2. The molecular formula is C22H27NO4S2. The molecule has 2 N–H and O–H groups in total. The predicted molar refractivity (Wildman–Crippen MR) is 119 cm³/mol. The van der Waals surface area contributed by atoms with Crippen molar-refractivity contribution >= 4 is 34.0 Å². The van der Waals surface area contributed by atoms with Crippen molar-refractivity contribution in [1.82, 2.24) is 5.32 Å². The number of hydrogen-bond acceptors (Lipinski definition) is 5. The van der Waals surface area contributed by atoms with Crippen LogP contribution in [0.15, 0.2) is 60.7 Å². The van der Waals surface area contributed by atoms with E-state index >= 15 is 0 Å². The van der Waals surface area contributed by atoms with E-state index in [0.717, 1.165) is 17.3 Å². The van der Waals surface area contributed by atoms with Gasteiger partial charge in [-0.3, -0.25) is 9.59 Å². The molecule has 1 amide bonds. The third kappa shape index (κ3) is 8.62. The zero-order chi connectivity index (χ0) is 21.1. The molecule has 2 rings (SSSR count). The second-order valence-electron chi connectivity index (χ2n) is 6.81. The Balaban J connectivity index is 2.03. The summed E-state index contributed by atoms with van der Waals surface area (Å²) in [7, 11) is 0. The molecule has 0 saturated carbocycles. The van der Waals surface area contributed by atoms with Crippen LogP contribution in [-0.4, -0.2) is 51.1 Å². The highest BCUT2D eigenvalue weighted by molar-refractivity contribution is 8.14. The highest BCUT2D eigenvalue weighted by atomic mass is 32.2. The molecule has 0 aliphatic carbocycles. The molecule has 0 aliphatic rings. The van der Waals surface area contributed by atoms with Gasteiger partial charge in [0.25, 0.3) is 0 Å². The normalized spacial score (nSPS) is 14.0. The number of amides is 1. The van der Waals surface area contributed by atoms with E-state index in [0.29, 0.717) is 29.9 Å². The quantitative estimate of drug-likeness (QED) is 0.532. The summed E-state index contributed by atoms with van der Waals surface area (Å²) in [6, 6.07) is 18.2. The van der Waals surface area contributed by atoms with E-state index in [2.05, 4.69) is 5.32 Å². The first kappa shape index (κ1) is 23.5. The van der Waals surface area contributed by atoms with Crippen molar-refractivity contribution in [1.29, 1.82) is 0 Å². The highest BCUT2D eigenvalue weighted by Crippen LogP contribution is 2.19. The van der Waals surface area contributed by atoms with Crippen LogP contribution in [-0.2, 0) is 22.4 Å². The van der Waals surface area contributed by atoms with Gasteiger partial charge in [0.1, 0.15) is 5.75 Å². The standard InChI is InChI=1S/C22H27NO4S2/c1-29(27)13-12-20(15-24)23-21(25)19(14-17-8-4-2-5-9-17)16-28-22(26)18-10-6-3-7-11-18/h2-11,19-20,24H,12-16H2,1H3,(H,23,25)/t19-,20-,29?/m0/s1. The van der Waals surface area contributed by atoms with Gasteiger partial charge in [-0.05, 0) is 12.0 Å². The lowest BCUT2D eigenvalue weighted by molar-refractivity contribution is -0.125. The summed E-state index contributed by atoms with van der Waals surface area (Å²) in [4.78, 5) is 25.3. The Kier molecular flexibility index (Phi) is 10.3. The van der Waals surface area contributed by atoms with Gasteiger partial charge >= 0.3 is 0 Å². The van der Waals surface area contributed by atoms with E-state index < -0.39 is 23.1 Å². The van der Waals surface area contributed by atoms with E-state index in [-0.39, 0.29) is 17.6 Å². The van der Waals surface area contributed by atoms with Crippen LogP contribution >= 0.6 is 11.8 Å². The third-order valence-corrected chi connectivity index (χ3v) is 6.32. The summed E-state index contributed by atoms with van der Waals surface area (Å²) in [6.45, 7) is -0.211. The molecule has 7 heteroatoms. The van der Waals surface area contributed by atoms with Crippen LogP contribution in [0.4, 0.5) is 0 Å². The summed E-state index contributed by atoms with van der Waals surface area (Å²) in [6.07, 6.45) is 2.54. The molecule has 0 aliphatic heterocycles. The average Bonchev–Trinajstić information content (AvgIpc) is 2.74. The van der Waals surface area contributed by atoms with Gasteiger partial charge in [-0.2, -0.15) is 0 Å². The Hall–Kier alpha value is -1.80. The lowest BCUT2D eigenvalue weighted by Gasteiger charge is -2.21. The van der Waals surface area contributed by atoms with Gasteiger partial charge in [0.15, 0.2) is 0 Å². The minimum Gasteiger partial charge on any atom is -0.617 e. The van der Waals surface area contributed by atoms with Gasteiger partial charge in [0, 0.05) is 17.7 Å². The molecule has 0 aromatic heterocycles. The fraction of sp³-hybridized carbons (Fsp3) is 0.364. The Labute approximate surface area is 179 Å². The van der Waals surface area contributed by atoms with Crippen molar-refractivity contribution in [2.75, 3.05) is 24.4 Å². The molecule has 0 radical (unpaired) electrons. The van der Waals surface area contributed by atoms with E-state index in [1.54, 1.807) is 18.4 Å². The minimum absolute atomic E-state index is 0.0726. The van der Waals surface area contributed by atoms with E-state index in [1.165, 1.54) is 0 Å². The van der Waals surface area contributed by atoms with Crippen LogP contribution < -0.4 is 5.32 Å². The van der Waals surface area contributed by atoms with Gasteiger partial charge in [0.05, 0.1) is 24.8 Å². The average molecular weight is 434 g/mol. The van der Waals surface area contributed by atoms with Crippen molar-refractivity contribution in [3.05, 3.63) is 71.8 Å². The Morgan fingerprint density at radius 2 is 1.72 bits per heavy atom. The zero-order valence-electron chi connectivity index (χ0n) is 16.5. The first-order valence-electron chi connectivity index (χ1n) is 9.47. The number of nitrogens with one attached hydrogen (secondary N) is 1. The molecule has 0 spiro atoms. The number of thioether (sulfide) groups is 1. The predicted octanol–water partition coefficient (Wildman–Crippen LogP) is 2.66. The number of carbonyl (C=O) groups excluding carboxylic acids is 2. The molecule has 0 heterocycles. The number of aliphatic hydroxyl groups excluding tert-OH is 1. The SMILES string of the molecule is C[S+]([O-])CC[C@@H](CO)NC(=O)[C@H](CSC(=O)c1ccccc1)Cc1ccccc1. The fourth-order valence-corrected chi connectivity index (χ4v) is 4.34. The molecule has 2 aromatic carbocycles. The van der Waals surface area contributed by atoms with Gasteiger partial charge < -0.3 is 15.0 Å². The van der Waals surface area contributed by atoms with Gasteiger partial charge in [-0.15, -0.1) is 0 Å². The molecule has 29 heavy (non-hydrogen) atoms.